The van der Waals surface area contributed by atoms with Crippen molar-refractivity contribution in [3.63, 3.8) is 0 Å². The SMILES string of the molecule is CCOC(=O)[C@@H](CCCc1ccccc1)NC(=O)OC(C)(C)C. The topological polar surface area (TPSA) is 64.6 Å². The van der Waals surface area contributed by atoms with Crippen molar-refractivity contribution in [2.45, 2.75) is 58.6 Å². The molecule has 23 heavy (non-hydrogen) atoms. The fourth-order valence-corrected chi connectivity index (χ4v) is 2.10. The van der Waals surface area contributed by atoms with E-state index in [9.17, 15) is 9.59 Å². The van der Waals surface area contributed by atoms with Crippen LogP contribution in [0.2, 0.25) is 0 Å². The number of carbonyl (C=O) groups excluding carboxylic acids is 2. The first-order chi connectivity index (χ1) is 10.8. The zero-order valence-corrected chi connectivity index (χ0v) is 14.4. The van der Waals surface area contributed by atoms with Gasteiger partial charge in [0.15, 0.2) is 0 Å². The Hall–Kier alpha value is -2.04. The molecule has 1 rings (SSSR count). The van der Waals surface area contributed by atoms with Crippen molar-refractivity contribution in [1.29, 1.82) is 0 Å². The van der Waals surface area contributed by atoms with Crippen LogP contribution in [-0.4, -0.2) is 30.3 Å². The number of nitrogens with one attached hydrogen (secondary N) is 1. The smallest absolute Gasteiger partial charge is 0.408 e. The summed E-state index contributed by atoms with van der Waals surface area (Å²) in [5.74, 6) is -0.425. The number of carbonyl (C=O) groups is 2. The van der Waals surface area contributed by atoms with Crippen LogP contribution in [0, 0.1) is 0 Å². The predicted molar refractivity (Wildman–Crippen MR) is 89.2 cm³/mol. The van der Waals surface area contributed by atoms with Gasteiger partial charge < -0.3 is 14.8 Å². The molecule has 0 fully saturated rings. The molecule has 1 aromatic rings. The number of rotatable bonds is 7. The van der Waals surface area contributed by atoms with E-state index >= 15 is 0 Å². The van der Waals surface area contributed by atoms with Crippen LogP contribution < -0.4 is 5.32 Å². The average molecular weight is 321 g/mol. The molecule has 0 heterocycles. The maximum Gasteiger partial charge on any atom is 0.408 e. The summed E-state index contributed by atoms with van der Waals surface area (Å²) in [4.78, 5) is 23.9. The lowest BCUT2D eigenvalue weighted by Gasteiger charge is -2.22. The summed E-state index contributed by atoms with van der Waals surface area (Å²) >= 11 is 0. The quantitative estimate of drug-likeness (QED) is 0.781. The highest BCUT2D eigenvalue weighted by atomic mass is 16.6. The maximum absolute atomic E-state index is 12.0. The Morgan fingerprint density at radius 2 is 1.83 bits per heavy atom. The minimum atomic E-state index is -0.687. The van der Waals surface area contributed by atoms with E-state index in [4.69, 9.17) is 9.47 Å². The molecule has 0 spiro atoms. The Morgan fingerprint density at radius 1 is 1.17 bits per heavy atom. The molecule has 0 aliphatic rings. The summed E-state index contributed by atoms with van der Waals surface area (Å²) in [6.07, 6.45) is 1.51. The third-order valence-electron chi connectivity index (χ3n) is 3.06. The molecule has 5 heteroatoms. The van der Waals surface area contributed by atoms with Crippen LogP contribution in [-0.2, 0) is 20.7 Å². The van der Waals surface area contributed by atoms with Gasteiger partial charge in [0.05, 0.1) is 6.61 Å². The molecule has 0 saturated carbocycles. The second-order valence-electron chi connectivity index (χ2n) is 6.33. The van der Waals surface area contributed by atoms with Crippen LogP contribution in [0.15, 0.2) is 30.3 Å². The number of esters is 1. The highest BCUT2D eigenvalue weighted by Gasteiger charge is 2.24. The van der Waals surface area contributed by atoms with Gasteiger partial charge in [-0.15, -0.1) is 0 Å². The summed E-state index contributed by atoms with van der Waals surface area (Å²) in [5.41, 5.74) is 0.597. The van der Waals surface area contributed by atoms with E-state index < -0.39 is 23.7 Å². The third kappa shape index (κ3) is 8.24. The van der Waals surface area contributed by atoms with E-state index in [-0.39, 0.29) is 6.61 Å². The van der Waals surface area contributed by atoms with Crippen LogP contribution in [0.1, 0.15) is 46.1 Å². The van der Waals surface area contributed by atoms with Gasteiger partial charge in [-0.25, -0.2) is 9.59 Å². The molecule has 1 aromatic carbocycles. The summed E-state index contributed by atoms with van der Waals surface area (Å²) < 4.78 is 10.2. The summed E-state index contributed by atoms with van der Waals surface area (Å²) in [5, 5.41) is 2.61. The number of hydrogen-bond acceptors (Lipinski definition) is 4. The number of amides is 1. The molecule has 0 bridgehead atoms. The zero-order valence-electron chi connectivity index (χ0n) is 14.4. The monoisotopic (exact) mass is 321 g/mol. The third-order valence-corrected chi connectivity index (χ3v) is 3.06. The molecule has 0 aliphatic heterocycles. The van der Waals surface area contributed by atoms with E-state index in [2.05, 4.69) is 5.32 Å². The van der Waals surface area contributed by atoms with Crippen molar-refractivity contribution in [2.24, 2.45) is 0 Å². The van der Waals surface area contributed by atoms with Crippen molar-refractivity contribution in [3.8, 4) is 0 Å². The molecule has 0 aromatic heterocycles. The average Bonchev–Trinajstić information content (AvgIpc) is 2.45. The summed E-state index contributed by atoms with van der Waals surface area (Å²) in [6.45, 7) is 7.36. The van der Waals surface area contributed by atoms with Gasteiger partial charge >= 0.3 is 12.1 Å². The van der Waals surface area contributed by atoms with Crippen molar-refractivity contribution < 1.29 is 19.1 Å². The molecule has 0 aliphatic carbocycles. The largest absolute Gasteiger partial charge is 0.464 e. The van der Waals surface area contributed by atoms with Gasteiger partial charge in [0.2, 0.25) is 0 Å². The highest BCUT2D eigenvalue weighted by Crippen LogP contribution is 2.10. The first-order valence-electron chi connectivity index (χ1n) is 8.02. The Kier molecular flexibility index (Phi) is 7.59. The number of alkyl carbamates (subject to hydrolysis) is 1. The van der Waals surface area contributed by atoms with Crippen molar-refractivity contribution in [1.82, 2.24) is 5.32 Å². The van der Waals surface area contributed by atoms with Crippen LogP contribution in [0.3, 0.4) is 0 Å². The fraction of sp³-hybridized carbons (Fsp3) is 0.556. The van der Waals surface area contributed by atoms with Crippen molar-refractivity contribution in [2.75, 3.05) is 6.61 Å². The Labute approximate surface area is 138 Å². The van der Waals surface area contributed by atoms with E-state index in [1.807, 2.05) is 30.3 Å². The molecule has 0 saturated heterocycles. The zero-order chi connectivity index (χ0) is 17.3. The molecular formula is C18H27NO4. The molecule has 0 unspecified atom stereocenters. The van der Waals surface area contributed by atoms with Crippen LogP contribution >= 0.6 is 0 Å². The van der Waals surface area contributed by atoms with E-state index in [0.29, 0.717) is 6.42 Å². The fourth-order valence-electron chi connectivity index (χ4n) is 2.10. The van der Waals surface area contributed by atoms with Gasteiger partial charge in [0.25, 0.3) is 0 Å². The van der Waals surface area contributed by atoms with Crippen LogP contribution in [0.25, 0.3) is 0 Å². The lowest BCUT2D eigenvalue weighted by Crippen LogP contribution is -2.44. The van der Waals surface area contributed by atoms with Gasteiger partial charge in [-0.05, 0) is 52.5 Å². The maximum atomic E-state index is 12.0. The van der Waals surface area contributed by atoms with Crippen molar-refractivity contribution >= 4 is 12.1 Å². The van der Waals surface area contributed by atoms with Gasteiger partial charge in [0.1, 0.15) is 11.6 Å². The van der Waals surface area contributed by atoms with Gasteiger partial charge in [-0.2, -0.15) is 0 Å². The van der Waals surface area contributed by atoms with Gasteiger partial charge in [-0.1, -0.05) is 30.3 Å². The summed E-state index contributed by atoms with van der Waals surface area (Å²) in [6, 6.07) is 9.33. The van der Waals surface area contributed by atoms with Gasteiger partial charge in [-0.3, -0.25) is 0 Å². The number of benzene rings is 1. The molecule has 1 N–H and O–H groups in total. The Morgan fingerprint density at radius 3 is 2.39 bits per heavy atom. The standard InChI is InChI=1S/C18H27NO4/c1-5-22-16(20)15(19-17(21)23-18(2,3)4)13-9-12-14-10-7-6-8-11-14/h6-8,10-11,15H,5,9,12-13H2,1-4H3,(H,19,21)/t15-/m1/s1. The van der Waals surface area contributed by atoms with E-state index in [1.165, 1.54) is 5.56 Å². The minimum absolute atomic E-state index is 0.282. The molecule has 1 atom stereocenters. The first kappa shape index (κ1) is 19.0. The Bertz CT molecular complexity index is 493. The molecule has 1 amide bonds. The number of ether oxygens (including phenoxy) is 2. The second kappa shape index (κ2) is 9.18. The lowest BCUT2D eigenvalue weighted by molar-refractivity contribution is -0.145. The lowest BCUT2D eigenvalue weighted by atomic mass is 10.0. The highest BCUT2D eigenvalue weighted by molar-refractivity contribution is 5.81. The molecule has 5 nitrogen and oxygen atoms in total. The van der Waals surface area contributed by atoms with E-state index in [0.717, 1.165) is 12.8 Å². The molecule has 0 radical (unpaired) electrons. The minimum Gasteiger partial charge on any atom is -0.464 e. The second-order valence-corrected chi connectivity index (χ2v) is 6.33. The summed E-state index contributed by atoms with van der Waals surface area (Å²) in [7, 11) is 0. The molecular weight excluding hydrogens is 294 g/mol. The van der Waals surface area contributed by atoms with Gasteiger partial charge in [0, 0.05) is 0 Å². The van der Waals surface area contributed by atoms with Crippen LogP contribution in [0.4, 0.5) is 4.79 Å². The predicted octanol–water partition coefficient (Wildman–Crippen LogP) is 3.47. The van der Waals surface area contributed by atoms with Crippen LogP contribution in [0.5, 0.6) is 0 Å². The van der Waals surface area contributed by atoms with Crippen molar-refractivity contribution in [3.05, 3.63) is 35.9 Å². The number of aryl methyl sites for hydroxylation is 1. The number of hydrogen-bond donors (Lipinski definition) is 1. The normalized spacial score (nSPS) is 12.3. The van der Waals surface area contributed by atoms with E-state index in [1.54, 1.807) is 27.7 Å². The Balaban J connectivity index is 2.55. The first-order valence-corrected chi connectivity index (χ1v) is 8.02. The molecule has 128 valence electrons.